The zero-order chi connectivity index (χ0) is 18.5. The summed E-state index contributed by atoms with van der Waals surface area (Å²) in [5.41, 5.74) is 1.72. The van der Waals surface area contributed by atoms with Crippen LogP contribution in [0.25, 0.3) is 10.2 Å². The van der Waals surface area contributed by atoms with Crippen LogP contribution in [0.5, 0.6) is 5.75 Å². The van der Waals surface area contributed by atoms with E-state index in [0.29, 0.717) is 36.9 Å². The van der Waals surface area contributed by atoms with Crippen LogP contribution in [0.4, 0.5) is 0 Å². The molecule has 1 aliphatic heterocycles. The molecule has 2 aromatic heterocycles. The molecule has 7 heteroatoms. The molecule has 3 heterocycles. The van der Waals surface area contributed by atoms with E-state index in [1.54, 1.807) is 30.1 Å². The van der Waals surface area contributed by atoms with Crippen molar-refractivity contribution in [1.82, 2.24) is 14.5 Å². The maximum absolute atomic E-state index is 13.0. The van der Waals surface area contributed by atoms with Gasteiger partial charge in [0.05, 0.1) is 30.9 Å². The van der Waals surface area contributed by atoms with Crippen LogP contribution in [0.15, 0.2) is 35.4 Å². The van der Waals surface area contributed by atoms with Crippen LogP contribution in [-0.4, -0.2) is 34.0 Å². The molecule has 27 heavy (non-hydrogen) atoms. The van der Waals surface area contributed by atoms with E-state index >= 15 is 0 Å². The topological polar surface area (TPSA) is 64.4 Å². The number of methoxy groups -OCH3 is 1. The molecule has 0 saturated heterocycles. The maximum atomic E-state index is 13.0. The van der Waals surface area contributed by atoms with Gasteiger partial charge in [0, 0.05) is 17.5 Å². The Morgan fingerprint density at radius 1 is 1.30 bits per heavy atom. The predicted molar refractivity (Wildman–Crippen MR) is 104 cm³/mol. The van der Waals surface area contributed by atoms with Gasteiger partial charge in [0.2, 0.25) is 0 Å². The first kappa shape index (κ1) is 16.5. The van der Waals surface area contributed by atoms with Crippen molar-refractivity contribution in [3.8, 4) is 5.75 Å². The molecule has 1 aliphatic carbocycles. The number of para-hydroxylation sites is 1. The number of nitrogens with zero attached hydrogens (tertiary/aromatic N) is 3. The van der Waals surface area contributed by atoms with Crippen molar-refractivity contribution in [1.29, 1.82) is 0 Å². The zero-order valence-corrected chi connectivity index (χ0v) is 15.8. The number of amides is 1. The lowest BCUT2D eigenvalue weighted by molar-refractivity contribution is 0.0734. The molecular weight excluding hydrogens is 362 g/mol. The molecule has 2 aliphatic rings. The average Bonchev–Trinajstić information content (AvgIpc) is 3.47. The van der Waals surface area contributed by atoms with Crippen LogP contribution in [0.1, 0.15) is 39.7 Å². The molecule has 5 rings (SSSR count). The zero-order valence-electron chi connectivity index (χ0n) is 15.0. The van der Waals surface area contributed by atoms with Gasteiger partial charge in [-0.2, -0.15) is 0 Å². The number of carbonyl (C=O) groups excluding carboxylic acids is 1. The van der Waals surface area contributed by atoms with Gasteiger partial charge in [0.15, 0.2) is 0 Å². The van der Waals surface area contributed by atoms with Crippen molar-refractivity contribution in [2.75, 3.05) is 13.7 Å². The van der Waals surface area contributed by atoms with Gasteiger partial charge in [-0.05, 0) is 37.0 Å². The van der Waals surface area contributed by atoms with Crippen molar-refractivity contribution >= 4 is 27.5 Å². The fourth-order valence-corrected chi connectivity index (χ4v) is 4.97. The summed E-state index contributed by atoms with van der Waals surface area (Å²) >= 11 is 1.53. The molecule has 0 bridgehead atoms. The number of aromatic nitrogens is 2. The minimum atomic E-state index is -0.0427. The lowest BCUT2D eigenvalue weighted by Crippen LogP contribution is -2.35. The van der Waals surface area contributed by atoms with E-state index in [-0.39, 0.29) is 11.5 Å². The van der Waals surface area contributed by atoms with Crippen molar-refractivity contribution in [2.45, 2.75) is 31.8 Å². The minimum absolute atomic E-state index is 0.0427. The molecule has 0 unspecified atom stereocenters. The summed E-state index contributed by atoms with van der Waals surface area (Å²) < 4.78 is 7.11. The van der Waals surface area contributed by atoms with Crippen molar-refractivity contribution < 1.29 is 9.53 Å². The summed E-state index contributed by atoms with van der Waals surface area (Å²) in [6.07, 6.45) is 4.48. The number of benzene rings is 1. The van der Waals surface area contributed by atoms with Gasteiger partial charge in [0.25, 0.3) is 11.5 Å². The summed E-state index contributed by atoms with van der Waals surface area (Å²) in [6, 6.07) is 7.60. The van der Waals surface area contributed by atoms with Crippen LogP contribution in [0.3, 0.4) is 0 Å². The lowest BCUT2D eigenvalue weighted by atomic mass is 10.0. The number of fused-ring (bicyclic) bond motifs is 3. The standard InChI is InChI=1S/C20H19N3O3S/c1-26-15-5-3-2-4-13(15)19(24)22-9-8-14-16(10-22)27-18-17(14)20(25)23(11-21-18)12-6-7-12/h2-5,11-12H,6-10H2,1H3. The molecule has 1 aromatic carbocycles. The normalized spacial score (nSPS) is 16.4. The van der Waals surface area contributed by atoms with Gasteiger partial charge >= 0.3 is 0 Å². The molecule has 6 nitrogen and oxygen atoms in total. The summed E-state index contributed by atoms with van der Waals surface area (Å²) in [7, 11) is 1.57. The fraction of sp³-hybridized carbons (Fsp3) is 0.350. The first-order valence-corrected chi connectivity index (χ1v) is 9.92. The highest BCUT2D eigenvalue weighted by Gasteiger charge is 2.30. The van der Waals surface area contributed by atoms with E-state index < -0.39 is 0 Å². The van der Waals surface area contributed by atoms with E-state index in [0.717, 1.165) is 33.5 Å². The highest BCUT2D eigenvalue weighted by molar-refractivity contribution is 7.18. The number of hydrogen-bond donors (Lipinski definition) is 0. The molecule has 1 saturated carbocycles. The maximum Gasteiger partial charge on any atom is 0.262 e. The Labute approximate surface area is 160 Å². The molecule has 1 amide bonds. The fourth-order valence-electron chi connectivity index (χ4n) is 3.77. The van der Waals surface area contributed by atoms with Crippen LogP contribution >= 0.6 is 11.3 Å². The Kier molecular flexibility index (Phi) is 3.79. The Morgan fingerprint density at radius 2 is 2.11 bits per heavy atom. The van der Waals surface area contributed by atoms with Gasteiger partial charge in [0.1, 0.15) is 10.6 Å². The largest absolute Gasteiger partial charge is 0.496 e. The summed E-state index contributed by atoms with van der Waals surface area (Å²) in [5.74, 6) is 0.539. The van der Waals surface area contributed by atoms with Crippen molar-refractivity contribution in [3.05, 3.63) is 57.0 Å². The summed E-state index contributed by atoms with van der Waals surface area (Å²) in [5, 5.41) is 0.758. The molecular formula is C20H19N3O3S. The van der Waals surface area contributed by atoms with Gasteiger partial charge in [-0.25, -0.2) is 4.98 Å². The molecule has 0 radical (unpaired) electrons. The number of carbonyl (C=O) groups is 1. The van der Waals surface area contributed by atoms with E-state index in [1.165, 1.54) is 11.3 Å². The van der Waals surface area contributed by atoms with Crippen LogP contribution < -0.4 is 10.3 Å². The van der Waals surface area contributed by atoms with Gasteiger partial charge in [-0.15, -0.1) is 11.3 Å². The number of ether oxygens (including phenoxy) is 1. The Bertz CT molecular complexity index is 1110. The van der Waals surface area contributed by atoms with Crippen LogP contribution in [-0.2, 0) is 13.0 Å². The first-order chi connectivity index (χ1) is 13.2. The number of hydrogen-bond acceptors (Lipinski definition) is 5. The van der Waals surface area contributed by atoms with Gasteiger partial charge in [-0.1, -0.05) is 12.1 Å². The third-order valence-corrected chi connectivity index (χ3v) is 6.48. The quantitative estimate of drug-likeness (QED) is 0.700. The Morgan fingerprint density at radius 3 is 2.89 bits per heavy atom. The first-order valence-electron chi connectivity index (χ1n) is 9.11. The Balaban J connectivity index is 1.50. The smallest absolute Gasteiger partial charge is 0.262 e. The highest BCUT2D eigenvalue weighted by Crippen LogP contribution is 2.36. The molecule has 0 atom stereocenters. The molecule has 138 valence electrons. The summed E-state index contributed by atoms with van der Waals surface area (Å²) in [6.45, 7) is 1.10. The lowest BCUT2D eigenvalue weighted by Gasteiger charge is -2.27. The van der Waals surface area contributed by atoms with E-state index in [4.69, 9.17) is 4.74 Å². The van der Waals surface area contributed by atoms with Gasteiger partial charge in [-0.3, -0.25) is 14.2 Å². The van der Waals surface area contributed by atoms with E-state index in [2.05, 4.69) is 4.98 Å². The number of rotatable bonds is 3. The van der Waals surface area contributed by atoms with Crippen molar-refractivity contribution in [2.24, 2.45) is 0 Å². The SMILES string of the molecule is COc1ccccc1C(=O)N1CCc2c(sc3ncn(C4CC4)c(=O)c23)C1. The average molecular weight is 381 g/mol. The molecule has 0 N–H and O–H groups in total. The second kappa shape index (κ2) is 6.20. The van der Waals surface area contributed by atoms with E-state index in [9.17, 15) is 9.59 Å². The third-order valence-electron chi connectivity index (χ3n) is 5.35. The predicted octanol–water partition coefficient (Wildman–Crippen LogP) is 3.00. The minimum Gasteiger partial charge on any atom is -0.496 e. The molecule has 0 spiro atoms. The Hall–Kier alpha value is -2.67. The number of thiophene rings is 1. The highest BCUT2D eigenvalue weighted by atomic mass is 32.1. The van der Waals surface area contributed by atoms with Crippen LogP contribution in [0, 0.1) is 0 Å². The second-order valence-corrected chi connectivity index (χ2v) is 8.13. The summed E-state index contributed by atoms with van der Waals surface area (Å²) in [4.78, 5) is 34.1. The van der Waals surface area contributed by atoms with E-state index in [1.807, 2.05) is 17.0 Å². The monoisotopic (exact) mass is 381 g/mol. The molecule has 1 fully saturated rings. The van der Waals surface area contributed by atoms with Gasteiger partial charge < -0.3 is 9.64 Å². The second-order valence-electron chi connectivity index (χ2n) is 7.05. The van der Waals surface area contributed by atoms with Crippen molar-refractivity contribution in [3.63, 3.8) is 0 Å². The van der Waals surface area contributed by atoms with Crippen LogP contribution in [0.2, 0.25) is 0 Å². The molecule has 3 aromatic rings. The third kappa shape index (κ3) is 2.65.